The molecule has 5 heteroatoms. The van der Waals surface area contributed by atoms with Gasteiger partial charge in [0.05, 0.1) is 0 Å². The summed E-state index contributed by atoms with van der Waals surface area (Å²) in [4.78, 5) is 0. The third-order valence-corrected chi connectivity index (χ3v) is 3.39. The minimum Gasteiger partial charge on any atom is -0.395 e. The Morgan fingerprint density at radius 2 is 2.17 bits per heavy atom. The van der Waals surface area contributed by atoms with E-state index in [-0.39, 0.29) is 11.5 Å². The number of ether oxygens (including phenoxy) is 2. The van der Waals surface area contributed by atoms with Gasteiger partial charge in [-0.25, -0.2) is 0 Å². The molecular weight excluding hydrogens is 240 g/mol. The van der Waals surface area contributed by atoms with Crippen LogP contribution in [0.5, 0.6) is 11.5 Å². The van der Waals surface area contributed by atoms with E-state index in [1.807, 2.05) is 6.07 Å². The van der Waals surface area contributed by atoms with Crippen molar-refractivity contribution >= 4 is 0 Å². The minimum absolute atomic E-state index is 0.133. The summed E-state index contributed by atoms with van der Waals surface area (Å²) in [7, 11) is 0. The highest BCUT2D eigenvalue weighted by Gasteiger charge is 2.44. The number of benzene rings is 1. The highest BCUT2D eigenvalue weighted by molar-refractivity contribution is 5.49. The number of nitrogens with one attached hydrogen (secondary N) is 1. The van der Waals surface area contributed by atoms with Crippen molar-refractivity contribution in [2.75, 3.05) is 6.54 Å². The molecule has 2 aliphatic heterocycles. The Balaban J connectivity index is 1.79. The SMILES string of the molecule is FC1(F)Oc2cccc(CC3CCCCN3)c2O1. The summed E-state index contributed by atoms with van der Waals surface area (Å²) in [5.74, 6) is 0.322. The summed E-state index contributed by atoms with van der Waals surface area (Å²) in [6.07, 6.45) is 0.600. The van der Waals surface area contributed by atoms with Gasteiger partial charge in [0.15, 0.2) is 11.5 Å². The first-order chi connectivity index (χ1) is 8.64. The molecule has 0 aromatic heterocycles. The van der Waals surface area contributed by atoms with Crippen LogP contribution >= 0.6 is 0 Å². The molecule has 18 heavy (non-hydrogen) atoms. The second-order valence-corrected chi connectivity index (χ2v) is 4.76. The van der Waals surface area contributed by atoms with Crippen LogP contribution in [0.1, 0.15) is 24.8 Å². The normalized spacial score (nSPS) is 25.1. The van der Waals surface area contributed by atoms with Crippen LogP contribution in [0.15, 0.2) is 18.2 Å². The van der Waals surface area contributed by atoms with Crippen molar-refractivity contribution in [2.24, 2.45) is 0 Å². The minimum atomic E-state index is -3.53. The molecule has 0 spiro atoms. The van der Waals surface area contributed by atoms with Gasteiger partial charge in [-0.3, -0.25) is 0 Å². The van der Waals surface area contributed by atoms with Gasteiger partial charge in [-0.2, -0.15) is 0 Å². The highest BCUT2D eigenvalue weighted by atomic mass is 19.3. The van der Waals surface area contributed by atoms with E-state index in [1.54, 1.807) is 6.07 Å². The zero-order valence-electron chi connectivity index (χ0n) is 9.92. The molecule has 2 heterocycles. The first kappa shape index (κ1) is 11.7. The lowest BCUT2D eigenvalue weighted by Gasteiger charge is -2.23. The molecule has 0 bridgehead atoms. The molecule has 1 aromatic rings. The Bertz CT molecular complexity index is 445. The molecule has 1 N–H and O–H groups in total. The van der Waals surface area contributed by atoms with E-state index in [2.05, 4.69) is 14.8 Å². The Morgan fingerprint density at radius 3 is 2.94 bits per heavy atom. The van der Waals surface area contributed by atoms with Crippen LogP contribution in [0.4, 0.5) is 8.78 Å². The summed E-state index contributed by atoms with van der Waals surface area (Å²) in [5, 5.41) is 3.40. The summed E-state index contributed by atoms with van der Waals surface area (Å²) < 4.78 is 35.1. The van der Waals surface area contributed by atoms with Gasteiger partial charge in [0.2, 0.25) is 0 Å². The number of para-hydroxylation sites is 1. The lowest BCUT2D eigenvalue weighted by molar-refractivity contribution is -0.286. The largest absolute Gasteiger partial charge is 0.586 e. The Hall–Kier alpha value is -1.36. The van der Waals surface area contributed by atoms with Crippen LogP contribution in [0.25, 0.3) is 0 Å². The monoisotopic (exact) mass is 255 g/mol. The molecule has 0 aliphatic carbocycles. The summed E-state index contributed by atoms with van der Waals surface area (Å²) in [6, 6.07) is 5.39. The molecule has 0 radical (unpaired) electrons. The van der Waals surface area contributed by atoms with Crippen LogP contribution in [-0.4, -0.2) is 18.9 Å². The molecule has 1 fully saturated rings. The van der Waals surface area contributed by atoms with Gasteiger partial charge >= 0.3 is 6.29 Å². The molecule has 1 atom stereocenters. The summed E-state index contributed by atoms with van der Waals surface area (Å²) >= 11 is 0. The van der Waals surface area contributed by atoms with Crippen LogP contribution in [0.2, 0.25) is 0 Å². The van der Waals surface area contributed by atoms with Crippen molar-refractivity contribution in [3.8, 4) is 11.5 Å². The van der Waals surface area contributed by atoms with E-state index < -0.39 is 6.29 Å². The van der Waals surface area contributed by atoms with Gasteiger partial charge < -0.3 is 14.8 Å². The lowest BCUT2D eigenvalue weighted by atomic mass is 9.97. The van der Waals surface area contributed by atoms with Gasteiger partial charge in [-0.1, -0.05) is 18.6 Å². The fourth-order valence-electron chi connectivity index (χ4n) is 2.55. The number of rotatable bonds is 2. The first-order valence-corrected chi connectivity index (χ1v) is 6.25. The zero-order valence-corrected chi connectivity index (χ0v) is 9.92. The lowest BCUT2D eigenvalue weighted by Crippen LogP contribution is -2.35. The van der Waals surface area contributed by atoms with E-state index in [4.69, 9.17) is 0 Å². The van der Waals surface area contributed by atoms with Gasteiger partial charge in [-0.05, 0) is 37.4 Å². The zero-order chi connectivity index (χ0) is 12.6. The van der Waals surface area contributed by atoms with Crippen LogP contribution < -0.4 is 14.8 Å². The van der Waals surface area contributed by atoms with Crippen molar-refractivity contribution in [3.05, 3.63) is 23.8 Å². The summed E-state index contributed by atoms with van der Waals surface area (Å²) in [6.45, 7) is 0.993. The number of alkyl halides is 2. The Morgan fingerprint density at radius 1 is 1.28 bits per heavy atom. The Labute approximate surface area is 104 Å². The average molecular weight is 255 g/mol. The van der Waals surface area contributed by atoms with E-state index in [0.717, 1.165) is 18.5 Å². The van der Waals surface area contributed by atoms with Crippen molar-refractivity contribution in [2.45, 2.75) is 38.0 Å². The van der Waals surface area contributed by atoms with Crippen molar-refractivity contribution in [3.63, 3.8) is 0 Å². The molecule has 2 aliphatic rings. The maximum atomic E-state index is 13.0. The van der Waals surface area contributed by atoms with Gasteiger partial charge in [0, 0.05) is 6.04 Å². The van der Waals surface area contributed by atoms with Crippen LogP contribution in [-0.2, 0) is 6.42 Å². The van der Waals surface area contributed by atoms with Gasteiger partial charge in [-0.15, -0.1) is 8.78 Å². The van der Waals surface area contributed by atoms with E-state index in [0.29, 0.717) is 12.5 Å². The number of fused-ring (bicyclic) bond motifs is 1. The average Bonchev–Trinajstić information content (AvgIpc) is 2.66. The van der Waals surface area contributed by atoms with E-state index in [1.165, 1.54) is 18.9 Å². The molecule has 3 nitrogen and oxygen atoms in total. The molecule has 3 rings (SSSR count). The molecular formula is C13H15F2NO2. The number of piperidine rings is 1. The predicted molar refractivity (Wildman–Crippen MR) is 62.0 cm³/mol. The Kier molecular flexibility index (Phi) is 2.86. The molecule has 1 saturated heterocycles. The molecule has 1 aromatic carbocycles. The highest BCUT2D eigenvalue weighted by Crippen LogP contribution is 2.43. The topological polar surface area (TPSA) is 30.5 Å². The second kappa shape index (κ2) is 4.39. The maximum absolute atomic E-state index is 13.0. The molecule has 1 unspecified atom stereocenters. The maximum Gasteiger partial charge on any atom is 0.586 e. The number of halogens is 2. The third kappa shape index (κ3) is 2.27. The van der Waals surface area contributed by atoms with Crippen LogP contribution in [0.3, 0.4) is 0 Å². The fraction of sp³-hybridized carbons (Fsp3) is 0.538. The summed E-state index contributed by atoms with van der Waals surface area (Å²) in [5.41, 5.74) is 0.782. The van der Waals surface area contributed by atoms with Crippen molar-refractivity contribution < 1.29 is 18.3 Å². The van der Waals surface area contributed by atoms with Crippen molar-refractivity contribution in [1.29, 1.82) is 0 Å². The van der Waals surface area contributed by atoms with E-state index in [9.17, 15) is 8.78 Å². The first-order valence-electron chi connectivity index (χ1n) is 6.25. The van der Waals surface area contributed by atoms with E-state index >= 15 is 0 Å². The van der Waals surface area contributed by atoms with Crippen molar-refractivity contribution in [1.82, 2.24) is 5.32 Å². The molecule has 0 amide bonds. The number of hydrogen-bond donors (Lipinski definition) is 1. The predicted octanol–water partition coefficient (Wildman–Crippen LogP) is 2.69. The fourth-order valence-corrected chi connectivity index (χ4v) is 2.55. The standard InChI is InChI=1S/C13H15F2NO2/c14-13(15)17-11-6-3-4-9(12(11)18-13)8-10-5-1-2-7-16-10/h3-4,6,10,16H,1-2,5,7-8H2. The second-order valence-electron chi connectivity index (χ2n) is 4.76. The smallest absolute Gasteiger partial charge is 0.395 e. The third-order valence-electron chi connectivity index (χ3n) is 3.39. The van der Waals surface area contributed by atoms with Gasteiger partial charge in [0.25, 0.3) is 0 Å². The van der Waals surface area contributed by atoms with Crippen LogP contribution in [0, 0.1) is 0 Å². The molecule has 0 saturated carbocycles. The van der Waals surface area contributed by atoms with Gasteiger partial charge in [0.1, 0.15) is 0 Å². The quantitative estimate of drug-likeness (QED) is 0.881. The number of hydrogen-bond acceptors (Lipinski definition) is 3. The molecule has 98 valence electrons.